The van der Waals surface area contributed by atoms with E-state index in [-0.39, 0.29) is 13.2 Å². The van der Waals surface area contributed by atoms with Crippen LogP contribution < -0.4 is 18.9 Å². The molecule has 0 amide bonds. The average Bonchev–Trinajstić information content (AvgIpc) is 2.80. The number of hydrogen-bond donors (Lipinski definition) is 1. The molecule has 9 nitrogen and oxygen atoms in total. The zero-order valence-electron chi connectivity index (χ0n) is 17.9. The molecule has 2 aromatic rings. The second-order valence-corrected chi connectivity index (χ2v) is 6.37. The maximum atomic E-state index is 12.0. The average molecular weight is 434 g/mol. The lowest BCUT2D eigenvalue weighted by molar-refractivity contribution is -0.161. The fraction of sp³-hybridized carbons (Fsp3) is 0.364. The van der Waals surface area contributed by atoms with Crippen molar-refractivity contribution in [2.45, 2.75) is 25.7 Å². The van der Waals surface area contributed by atoms with Crippen LogP contribution >= 0.6 is 0 Å². The number of ether oxygens (including phenoxy) is 6. The van der Waals surface area contributed by atoms with Crippen molar-refractivity contribution in [1.29, 1.82) is 0 Å². The van der Waals surface area contributed by atoms with E-state index in [4.69, 9.17) is 28.4 Å². The summed E-state index contributed by atoms with van der Waals surface area (Å²) >= 11 is 0. The van der Waals surface area contributed by atoms with Gasteiger partial charge in [0.25, 0.3) is 0 Å². The molecule has 31 heavy (non-hydrogen) atoms. The molecule has 0 saturated carbocycles. The van der Waals surface area contributed by atoms with Crippen LogP contribution in [-0.2, 0) is 32.3 Å². The van der Waals surface area contributed by atoms with Crippen LogP contribution in [0.3, 0.4) is 0 Å². The van der Waals surface area contributed by atoms with Crippen LogP contribution in [0.4, 0.5) is 0 Å². The lowest BCUT2D eigenvalue weighted by Crippen LogP contribution is -2.26. The van der Waals surface area contributed by atoms with Crippen molar-refractivity contribution in [1.82, 2.24) is 0 Å². The Hall–Kier alpha value is -3.46. The van der Waals surface area contributed by atoms with Gasteiger partial charge in [0.1, 0.15) is 13.2 Å². The molecule has 0 spiro atoms. The lowest BCUT2D eigenvalue weighted by Gasteiger charge is -2.13. The molecule has 0 bridgehead atoms. The van der Waals surface area contributed by atoms with E-state index in [1.165, 1.54) is 28.4 Å². The first kappa shape index (κ1) is 23.8. The van der Waals surface area contributed by atoms with E-state index in [1.54, 1.807) is 36.4 Å². The summed E-state index contributed by atoms with van der Waals surface area (Å²) in [6.07, 6.45) is -2.17. The highest BCUT2D eigenvalue weighted by atomic mass is 16.6. The van der Waals surface area contributed by atoms with E-state index in [0.29, 0.717) is 34.1 Å². The van der Waals surface area contributed by atoms with Crippen LogP contribution in [0, 0.1) is 0 Å². The number of rotatable bonds is 11. The Labute approximate surface area is 180 Å². The molecule has 0 aliphatic rings. The third-order valence-electron chi connectivity index (χ3n) is 4.31. The molecule has 9 heteroatoms. The fourth-order valence-corrected chi connectivity index (χ4v) is 2.66. The van der Waals surface area contributed by atoms with Crippen LogP contribution in [0.2, 0.25) is 0 Å². The number of carbonyl (C=O) groups is 2. The SMILES string of the molecule is COc1ccc(COC(=O)CC(O)C(=O)OCc2ccc(OC)c(OC)c2)cc1OC. The van der Waals surface area contributed by atoms with Gasteiger partial charge in [-0.05, 0) is 35.4 Å². The van der Waals surface area contributed by atoms with E-state index < -0.39 is 24.5 Å². The normalized spacial score (nSPS) is 11.3. The second kappa shape index (κ2) is 11.7. The van der Waals surface area contributed by atoms with Crippen molar-refractivity contribution in [2.24, 2.45) is 0 Å². The molecule has 0 aromatic heterocycles. The third-order valence-corrected chi connectivity index (χ3v) is 4.31. The summed E-state index contributed by atoms with van der Waals surface area (Å²) in [6.45, 7) is -0.149. The van der Waals surface area contributed by atoms with Gasteiger partial charge < -0.3 is 33.5 Å². The number of benzene rings is 2. The maximum absolute atomic E-state index is 12.0. The molecule has 1 N–H and O–H groups in total. The Morgan fingerprint density at radius 3 is 1.65 bits per heavy atom. The largest absolute Gasteiger partial charge is 0.493 e. The van der Waals surface area contributed by atoms with Crippen molar-refractivity contribution < 1.29 is 43.1 Å². The quantitative estimate of drug-likeness (QED) is 0.533. The third kappa shape index (κ3) is 6.78. The van der Waals surface area contributed by atoms with Gasteiger partial charge in [-0.1, -0.05) is 12.1 Å². The predicted octanol–water partition coefficient (Wildman–Crippen LogP) is 2.26. The van der Waals surface area contributed by atoms with Crippen LogP contribution in [0.15, 0.2) is 36.4 Å². The van der Waals surface area contributed by atoms with Gasteiger partial charge in [-0.3, -0.25) is 4.79 Å². The monoisotopic (exact) mass is 434 g/mol. The highest BCUT2D eigenvalue weighted by Gasteiger charge is 2.22. The minimum atomic E-state index is -1.64. The van der Waals surface area contributed by atoms with Gasteiger partial charge in [-0.15, -0.1) is 0 Å². The van der Waals surface area contributed by atoms with Crippen LogP contribution in [0.25, 0.3) is 0 Å². The molecule has 0 heterocycles. The first-order valence-electron chi connectivity index (χ1n) is 9.34. The second-order valence-electron chi connectivity index (χ2n) is 6.37. The molecule has 2 aromatic carbocycles. The molecule has 1 atom stereocenters. The molecule has 168 valence electrons. The summed E-state index contributed by atoms with van der Waals surface area (Å²) < 4.78 is 30.8. The van der Waals surface area contributed by atoms with E-state index in [9.17, 15) is 14.7 Å². The Morgan fingerprint density at radius 1 is 0.742 bits per heavy atom. The summed E-state index contributed by atoms with van der Waals surface area (Å²) in [7, 11) is 6.02. The van der Waals surface area contributed by atoms with Gasteiger partial charge >= 0.3 is 11.9 Å². The van der Waals surface area contributed by atoms with Gasteiger partial charge in [0.2, 0.25) is 0 Å². The number of aliphatic hydroxyl groups excluding tert-OH is 1. The maximum Gasteiger partial charge on any atom is 0.335 e. The van der Waals surface area contributed by atoms with Gasteiger partial charge in [-0.25, -0.2) is 4.79 Å². The Bertz CT molecular complexity index is 895. The zero-order valence-corrected chi connectivity index (χ0v) is 17.9. The molecule has 0 radical (unpaired) electrons. The number of hydrogen-bond acceptors (Lipinski definition) is 9. The molecular weight excluding hydrogens is 408 g/mol. The van der Waals surface area contributed by atoms with Crippen molar-refractivity contribution in [2.75, 3.05) is 28.4 Å². The summed E-state index contributed by atoms with van der Waals surface area (Å²) in [5, 5.41) is 9.94. The van der Waals surface area contributed by atoms with Crippen molar-refractivity contribution in [3.8, 4) is 23.0 Å². The molecule has 1 unspecified atom stereocenters. The summed E-state index contributed by atoms with van der Waals surface area (Å²) in [5.41, 5.74) is 1.30. The predicted molar refractivity (Wildman–Crippen MR) is 109 cm³/mol. The highest BCUT2D eigenvalue weighted by molar-refractivity contribution is 5.81. The van der Waals surface area contributed by atoms with Crippen molar-refractivity contribution in [3.63, 3.8) is 0 Å². The molecule has 0 saturated heterocycles. The van der Waals surface area contributed by atoms with E-state index in [2.05, 4.69) is 0 Å². The first-order chi connectivity index (χ1) is 14.9. The van der Waals surface area contributed by atoms with E-state index in [1.807, 2.05) is 0 Å². The van der Waals surface area contributed by atoms with E-state index >= 15 is 0 Å². The number of carbonyl (C=O) groups excluding carboxylic acids is 2. The van der Waals surface area contributed by atoms with E-state index in [0.717, 1.165) is 0 Å². The number of esters is 2. The van der Waals surface area contributed by atoms with Crippen LogP contribution in [0.5, 0.6) is 23.0 Å². The highest BCUT2D eigenvalue weighted by Crippen LogP contribution is 2.28. The number of methoxy groups -OCH3 is 4. The van der Waals surface area contributed by atoms with Crippen LogP contribution in [-0.4, -0.2) is 51.6 Å². The lowest BCUT2D eigenvalue weighted by atomic mass is 10.2. The first-order valence-corrected chi connectivity index (χ1v) is 9.34. The summed E-state index contributed by atoms with van der Waals surface area (Å²) in [4.78, 5) is 24.0. The van der Waals surface area contributed by atoms with Gasteiger partial charge in [0.05, 0.1) is 34.9 Å². The fourth-order valence-electron chi connectivity index (χ4n) is 2.66. The van der Waals surface area contributed by atoms with Gasteiger partial charge in [-0.2, -0.15) is 0 Å². The Morgan fingerprint density at radius 2 is 1.19 bits per heavy atom. The topological polar surface area (TPSA) is 110 Å². The molecule has 0 aliphatic carbocycles. The van der Waals surface area contributed by atoms with Crippen molar-refractivity contribution >= 4 is 11.9 Å². The minimum absolute atomic E-state index is 0.0490. The minimum Gasteiger partial charge on any atom is -0.493 e. The smallest absolute Gasteiger partial charge is 0.335 e. The van der Waals surface area contributed by atoms with Crippen LogP contribution in [0.1, 0.15) is 17.5 Å². The Kier molecular flexibility index (Phi) is 8.95. The molecule has 2 rings (SSSR count). The standard InChI is InChI=1S/C22H26O9/c1-26-17-7-5-14(9-19(17)28-3)12-30-21(24)11-16(23)22(25)31-13-15-6-8-18(27-2)20(10-15)29-4/h5-10,16,23H,11-13H2,1-4H3. The Balaban J connectivity index is 1.82. The molecule has 0 aliphatic heterocycles. The molecular formula is C22H26O9. The van der Waals surface area contributed by atoms with Gasteiger partial charge in [0, 0.05) is 0 Å². The van der Waals surface area contributed by atoms with Crippen molar-refractivity contribution in [3.05, 3.63) is 47.5 Å². The molecule has 0 fully saturated rings. The summed E-state index contributed by atoms with van der Waals surface area (Å²) in [5.74, 6) is 0.383. The van der Waals surface area contributed by atoms with Gasteiger partial charge in [0.15, 0.2) is 29.1 Å². The number of aliphatic hydroxyl groups is 1. The summed E-state index contributed by atoms with van der Waals surface area (Å²) in [6, 6.07) is 10.1. The zero-order chi connectivity index (χ0) is 22.8.